The minimum atomic E-state index is 0.287. The van der Waals surface area contributed by atoms with Crippen LogP contribution in [0.15, 0.2) is 54.6 Å². The normalized spacial score (nSPS) is 12.6. The number of aryl methyl sites for hydroxylation is 1. The zero-order valence-corrected chi connectivity index (χ0v) is 12.8. The Hall–Kier alpha value is -1.60. The molecule has 2 aromatic rings. The Kier molecular flexibility index (Phi) is 5.37. The van der Waals surface area contributed by atoms with Gasteiger partial charge < -0.3 is 5.32 Å². The van der Waals surface area contributed by atoms with Gasteiger partial charge in [0.2, 0.25) is 0 Å². The SMILES string of the molecule is Cc1cccc(C(NCCC(C)C)c2ccccc2)c1. The zero-order chi connectivity index (χ0) is 14.4. The summed E-state index contributed by atoms with van der Waals surface area (Å²) in [6.07, 6.45) is 1.20. The molecule has 1 nitrogen and oxygen atoms in total. The van der Waals surface area contributed by atoms with E-state index in [2.05, 4.69) is 80.7 Å². The van der Waals surface area contributed by atoms with Gasteiger partial charge in [-0.25, -0.2) is 0 Å². The standard InChI is InChI=1S/C19H25N/c1-15(2)12-13-20-19(17-9-5-4-6-10-17)18-11-7-8-16(3)14-18/h4-11,14-15,19-20H,12-13H2,1-3H3. The molecule has 0 heterocycles. The number of nitrogens with one attached hydrogen (secondary N) is 1. The topological polar surface area (TPSA) is 12.0 Å². The van der Waals surface area contributed by atoms with Crippen LogP contribution in [0.1, 0.15) is 43.0 Å². The van der Waals surface area contributed by atoms with Crippen molar-refractivity contribution in [3.8, 4) is 0 Å². The van der Waals surface area contributed by atoms with Crippen LogP contribution in [-0.4, -0.2) is 6.54 Å². The van der Waals surface area contributed by atoms with Gasteiger partial charge in [0.1, 0.15) is 0 Å². The molecule has 0 fully saturated rings. The summed E-state index contributed by atoms with van der Waals surface area (Å²) in [4.78, 5) is 0. The molecule has 0 saturated carbocycles. The highest BCUT2D eigenvalue weighted by Crippen LogP contribution is 2.22. The zero-order valence-electron chi connectivity index (χ0n) is 12.8. The van der Waals surface area contributed by atoms with Gasteiger partial charge in [-0.2, -0.15) is 0 Å². The number of rotatable bonds is 6. The summed E-state index contributed by atoms with van der Waals surface area (Å²) in [6, 6.07) is 19.8. The van der Waals surface area contributed by atoms with Crippen LogP contribution in [-0.2, 0) is 0 Å². The van der Waals surface area contributed by atoms with Gasteiger partial charge in [0.15, 0.2) is 0 Å². The highest BCUT2D eigenvalue weighted by atomic mass is 14.9. The van der Waals surface area contributed by atoms with Crippen molar-refractivity contribution in [1.82, 2.24) is 5.32 Å². The third kappa shape index (κ3) is 4.21. The average molecular weight is 267 g/mol. The van der Waals surface area contributed by atoms with E-state index >= 15 is 0 Å². The Morgan fingerprint density at radius 1 is 0.900 bits per heavy atom. The van der Waals surface area contributed by atoms with Crippen molar-refractivity contribution in [2.45, 2.75) is 33.2 Å². The van der Waals surface area contributed by atoms with Gasteiger partial charge in [-0.1, -0.05) is 74.0 Å². The summed E-state index contributed by atoms with van der Waals surface area (Å²) in [7, 11) is 0. The first-order valence-corrected chi connectivity index (χ1v) is 7.51. The second kappa shape index (κ2) is 7.25. The Morgan fingerprint density at radius 2 is 1.60 bits per heavy atom. The molecular formula is C19H25N. The highest BCUT2D eigenvalue weighted by Gasteiger charge is 2.13. The average Bonchev–Trinajstić information content (AvgIpc) is 2.44. The van der Waals surface area contributed by atoms with Crippen LogP contribution in [0.5, 0.6) is 0 Å². The summed E-state index contributed by atoms with van der Waals surface area (Å²) < 4.78 is 0. The number of hydrogen-bond acceptors (Lipinski definition) is 1. The maximum absolute atomic E-state index is 3.71. The molecule has 0 bridgehead atoms. The van der Waals surface area contributed by atoms with Crippen molar-refractivity contribution in [2.24, 2.45) is 5.92 Å². The number of hydrogen-bond donors (Lipinski definition) is 1. The third-order valence-corrected chi connectivity index (χ3v) is 3.58. The lowest BCUT2D eigenvalue weighted by atomic mass is 9.97. The van der Waals surface area contributed by atoms with E-state index in [1.54, 1.807) is 0 Å². The second-order valence-electron chi connectivity index (χ2n) is 5.89. The van der Waals surface area contributed by atoms with E-state index in [9.17, 15) is 0 Å². The minimum Gasteiger partial charge on any atom is -0.306 e. The summed E-state index contributed by atoms with van der Waals surface area (Å²) >= 11 is 0. The van der Waals surface area contributed by atoms with Crippen molar-refractivity contribution in [1.29, 1.82) is 0 Å². The maximum atomic E-state index is 3.71. The van der Waals surface area contributed by atoms with Crippen LogP contribution in [0.25, 0.3) is 0 Å². The Balaban J connectivity index is 2.20. The third-order valence-electron chi connectivity index (χ3n) is 3.58. The first-order chi connectivity index (χ1) is 9.66. The first kappa shape index (κ1) is 14.8. The monoisotopic (exact) mass is 267 g/mol. The molecule has 1 atom stereocenters. The van der Waals surface area contributed by atoms with Crippen LogP contribution in [0, 0.1) is 12.8 Å². The van der Waals surface area contributed by atoms with Gasteiger partial charge in [-0.15, -0.1) is 0 Å². The maximum Gasteiger partial charge on any atom is 0.0576 e. The molecule has 20 heavy (non-hydrogen) atoms. The fourth-order valence-corrected chi connectivity index (χ4v) is 2.44. The lowest BCUT2D eigenvalue weighted by molar-refractivity contribution is 0.510. The summed E-state index contributed by atoms with van der Waals surface area (Å²) in [5, 5.41) is 3.71. The molecule has 106 valence electrons. The molecular weight excluding hydrogens is 242 g/mol. The van der Waals surface area contributed by atoms with E-state index in [1.165, 1.54) is 23.1 Å². The van der Waals surface area contributed by atoms with Gasteiger partial charge in [-0.05, 0) is 36.9 Å². The van der Waals surface area contributed by atoms with Crippen molar-refractivity contribution >= 4 is 0 Å². The van der Waals surface area contributed by atoms with Crippen LogP contribution < -0.4 is 5.32 Å². The molecule has 1 N–H and O–H groups in total. The van der Waals surface area contributed by atoms with Crippen LogP contribution in [0.2, 0.25) is 0 Å². The summed E-state index contributed by atoms with van der Waals surface area (Å²) in [6.45, 7) is 7.74. The molecule has 0 radical (unpaired) electrons. The molecule has 0 aliphatic heterocycles. The van der Waals surface area contributed by atoms with Crippen molar-refractivity contribution < 1.29 is 0 Å². The van der Waals surface area contributed by atoms with Crippen molar-refractivity contribution in [3.63, 3.8) is 0 Å². The van der Waals surface area contributed by atoms with E-state index < -0.39 is 0 Å². The lowest BCUT2D eigenvalue weighted by Gasteiger charge is -2.21. The quantitative estimate of drug-likeness (QED) is 0.798. The van der Waals surface area contributed by atoms with Gasteiger partial charge >= 0.3 is 0 Å². The molecule has 0 aromatic heterocycles. The van der Waals surface area contributed by atoms with E-state index in [4.69, 9.17) is 0 Å². The predicted molar refractivity (Wildman–Crippen MR) is 86.9 cm³/mol. The van der Waals surface area contributed by atoms with Crippen molar-refractivity contribution in [3.05, 3.63) is 71.3 Å². The minimum absolute atomic E-state index is 0.287. The number of benzene rings is 2. The molecule has 0 spiro atoms. The summed E-state index contributed by atoms with van der Waals surface area (Å²) in [5.74, 6) is 0.733. The van der Waals surface area contributed by atoms with Gasteiger partial charge in [0.05, 0.1) is 6.04 Å². The summed E-state index contributed by atoms with van der Waals surface area (Å²) in [5.41, 5.74) is 4.00. The smallest absolute Gasteiger partial charge is 0.0576 e. The van der Waals surface area contributed by atoms with Crippen LogP contribution >= 0.6 is 0 Å². The fourth-order valence-electron chi connectivity index (χ4n) is 2.44. The van der Waals surface area contributed by atoms with Crippen LogP contribution in [0.4, 0.5) is 0 Å². The predicted octanol–water partition coefficient (Wildman–Crippen LogP) is 4.72. The molecule has 0 aliphatic carbocycles. The Bertz CT molecular complexity index is 516. The van der Waals surface area contributed by atoms with Gasteiger partial charge in [0, 0.05) is 0 Å². The van der Waals surface area contributed by atoms with Crippen molar-refractivity contribution in [2.75, 3.05) is 6.54 Å². The van der Waals surface area contributed by atoms with Gasteiger partial charge in [-0.3, -0.25) is 0 Å². The molecule has 2 aromatic carbocycles. The molecule has 0 aliphatic rings. The molecule has 0 saturated heterocycles. The van der Waals surface area contributed by atoms with E-state index in [-0.39, 0.29) is 6.04 Å². The van der Waals surface area contributed by atoms with E-state index in [0.717, 1.165) is 12.5 Å². The molecule has 1 unspecified atom stereocenters. The van der Waals surface area contributed by atoms with E-state index in [1.807, 2.05) is 0 Å². The van der Waals surface area contributed by atoms with Gasteiger partial charge in [0.25, 0.3) is 0 Å². The fraction of sp³-hybridized carbons (Fsp3) is 0.368. The molecule has 0 amide bonds. The lowest BCUT2D eigenvalue weighted by Crippen LogP contribution is -2.24. The molecule has 1 heteroatoms. The van der Waals surface area contributed by atoms with Crippen LogP contribution in [0.3, 0.4) is 0 Å². The highest BCUT2D eigenvalue weighted by molar-refractivity contribution is 5.33. The molecule has 2 rings (SSSR count). The first-order valence-electron chi connectivity index (χ1n) is 7.51. The Labute approximate surface area is 123 Å². The largest absolute Gasteiger partial charge is 0.306 e. The Morgan fingerprint density at radius 3 is 2.25 bits per heavy atom. The van der Waals surface area contributed by atoms with E-state index in [0.29, 0.717) is 0 Å². The second-order valence-corrected chi connectivity index (χ2v) is 5.89.